The van der Waals surface area contributed by atoms with Gasteiger partial charge in [0.25, 0.3) is 0 Å². The van der Waals surface area contributed by atoms with Gasteiger partial charge in [-0.1, -0.05) is 63.4 Å². The number of ether oxygens (including phenoxy) is 1. The second-order valence-electron chi connectivity index (χ2n) is 12.3. The number of rotatable bonds is 12. The predicted molar refractivity (Wildman–Crippen MR) is 154 cm³/mol. The molecule has 42 heavy (non-hydrogen) atoms. The summed E-state index contributed by atoms with van der Waals surface area (Å²) in [5.41, 5.74) is -0.350. The Morgan fingerprint density at radius 1 is 1.02 bits per heavy atom. The van der Waals surface area contributed by atoms with Gasteiger partial charge < -0.3 is 30.7 Å². The first-order chi connectivity index (χ1) is 20.0. The van der Waals surface area contributed by atoms with E-state index in [4.69, 9.17) is 4.74 Å². The Hall–Kier alpha value is -3.47. The molecule has 0 bridgehead atoms. The molecule has 3 aliphatic rings. The highest BCUT2D eigenvalue weighted by molar-refractivity contribution is 5.96. The number of carbonyl (C=O) groups excluding carboxylic acids is 4. The van der Waals surface area contributed by atoms with Gasteiger partial charge in [0.1, 0.15) is 23.7 Å². The average molecular weight is 585 g/mol. The minimum Gasteiger partial charge on any atom is -0.480 e. The highest BCUT2D eigenvalue weighted by Crippen LogP contribution is 2.36. The minimum atomic E-state index is -1.30. The molecular formula is C31H44N4O7. The molecule has 0 spiro atoms. The number of carboxylic acid groups (broad SMARTS) is 1. The summed E-state index contributed by atoms with van der Waals surface area (Å²) in [5.74, 6) is -3.12. The van der Waals surface area contributed by atoms with E-state index in [9.17, 15) is 29.1 Å². The summed E-state index contributed by atoms with van der Waals surface area (Å²) < 4.78 is 6.10. The summed E-state index contributed by atoms with van der Waals surface area (Å²) in [6.07, 6.45) is 5.10. The van der Waals surface area contributed by atoms with Crippen molar-refractivity contribution in [3.8, 4) is 0 Å². The van der Waals surface area contributed by atoms with Crippen LogP contribution >= 0.6 is 0 Å². The van der Waals surface area contributed by atoms with E-state index in [0.29, 0.717) is 19.4 Å². The lowest BCUT2D eigenvalue weighted by molar-refractivity contribution is -0.146. The minimum absolute atomic E-state index is 0.0163. The molecule has 1 aromatic rings. The molecule has 2 aliphatic carbocycles. The Bertz CT molecular complexity index is 1150. The van der Waals surface area contributed by atoms with Crippen molar-refractivity contribution >= 4 is 29.6 Å². The van der Waals surface area contributed by atoms with Crippen LogP contribution in [0.3, 0.4) is 0 Å². The van der Waals surface area contributed by atoms with Gasteiger partial charge in [-0.3, -0.25) is 19.2 Å². The van der Waals surface area contributed by atoms with E-state index in [-0.39, 0.29) is 30.7 Å². The molecule has 11 heteroatoms. The maximum atomic E-state index is 14.1. The van der Waals surface area contributed by atoms with E-state index in [2.05, 4.69) is 16.0 Å². The Kier molecular flexibility index (Phi) is 10.2. The van der Waals surface area contributed by atoms with Gasteiger partial charge >= 0.3 is 5.97 Å². The Morgan fingerprint density at radius 3 is 2.26 bits per heavy atom. The van der Waals surface area contributed by atoms with E-state index in [1.54, 1.807) is 0 Å². The number of hydrogen-bond acceptors (Lipinski definition) is 6. The van der Waals surface area contributed by atoms with Gasteiger partial charge in [-0.15, -0.1) is 0 Å². The average Bonchev–Trinajstić information content (AvgIpc) is 3.63. The monoisotopic (exact) mass is 584 g/mol. The zero-order chi connectivity index (χ0) is 30.4. The highest BCUT2D eigenvalue weighted by Gasteiger charge is 2.54. The fourth-order valence-electron chi connectivity index (χ4n) is 6.05. The molecule has 4 N–H and O–H groups in total. The first-order valence-electron chi connectivity index (χ1n) is 15.1. The topological polar surface area (TPSA) is 154 Å². The lowest BCUT2D eigenvalue weighted by Crippen LogP contribution is -2.60. The third-order valence-corrected chi connectivity index (χ3v) is 8.69. The van der Waals surface area contributed by atoms with Crippen molar-refractivity contribution in [1.29, 1.82) is 0 Å². The standard InChI is InChI=1S/C31H44N4O7/c1-19(2)25(33-28(38)26(32-20(3)36)22-12-8-5-9-13-22)29(39)35-17-23(42-18-21-10-6-4-7-11-21)16-24(35)27(37)34-31(14-15-31)30(40)41/h4,6-7,10-11,19,22-26H,5,8-9,12-18H2,1-3H3,(H,32,36)(H,33,38)(H,34,37)(H,40,41)/t23-,24+,25+,26+/m1/s1. The van der Waals surface area contributed by atoms with E-state index < -0.39 is 53.5 Å². The quantitative estimate of drug-likeness (QED) is 0.294. The lowest BCUT2D eigenvalue weighted by Gasteiger charge is -2.34. The second kappa shape index (κ2) is 13.7. The van der Waals surface area contributed by atoms with Crippen molar-refractivity contribution in [2.75, 3.05) is 6.54 Å². The zero-order valence-corrected chi connectivity index (χ0v) is 24.8. The molecule has 230 valence electrons. The molecule has 4 rings (SSSR count). The maximum absolute atomic E-state index is 14.1. The third kappa shape index (κ3) is 7.67. The van der Waals surface area contributed by atoms with Crippen LogP contribution in [0, 0.1) is 11.8 Å². The summed E-state index contributed by atoms with van der Waals surface area (Å²) in [4.78, 5) is 66.2. The fraction of sp³-hybridized carbons (Fsp3) is 0.645. The third-order valence-electron chi connectivity index (χ3n) is 8.69. The van der Waals surface area contributed by atoms with E-state index in [1.165, 1.54) is 11.8 Å². The molecule has 1 aromatic carbocycles. The Labute approximate surface area is 247 Å². The van der Waals surface area contributed by atoms with Crippen molar-refractivity contribution in [1.82, 2.24) is 20.9 Å². The largest absolute Gasteiger partial charge is 0.480 e. The van der Waals surface area contributed by atoms with Crippen LogP contribution < -0.4 is 16.0 Å². The van der Waals surface area contributed by atoms with Crippen LogP contribution in [-0.4, -0.2) is 75.9 Å². The van der Waals surface area contributed by atoms with Crippen LogP contribution in [0.15, 0.2) is 30.3 Å². The molecule has 1 saturated heterocycles. The number of benzene rings is 1. The molecule has 0 aromatic heterocycles. The molecule has 0 radical (unpaired) electrons. The van der Waals surface area contributed by atoms with Crippen molar-refractivity contribution in [3.63, 3.8) is 0 Å². The SMILES string of the molecule is CC(=O)N[C@H](C(=O)N[C@H](C(=O)N1C[C@H](OCc2ccccc2)C[C@H]1C(=O)NC1(C(=O)O)CC1)C(C)C)C1CCCCC1. The molecule has 4 atom stereocenters. The van der Waals surface area contributed by atoms with Crippen LogP contribution in [-0.2, 0) is 35.3 Å². The second-order valence-corrected chi connectivity index (χ2v) is 12.3. The first kappa shape index (κ1) is 31.5. The molecule has 3 fully saturated rings. The number of amides is 4. The summed E-state index contributed by atoms with van der Waals surface area (Å²) in [6, 6.07) is 6.91. The van der Waals surface area contributed by atoms with Crippen molar-refractivity contribution in [2.24, 2.45) is 11.8 Å². The van der Waals surface area contributed by atoms with Crippen LogP contribution in [0.4, 0.5) is 0 Å². The van der Waals surface area contributed by atoms with Crippen molar-refractivity contribution in [2.45, 2.75) is 109 Å². The van der Waals surface area contributed by atoms with E-state index in [1.807, 2.05) is 44.2 Å². The van der Waals surface area contributed by atoms with Gasteiger partial charge in [0.2, 0.25) is 23.6 Å². The molecule has 1 aliphatic heterocycles. The van der Waals surface area contributed by atoms with Gasteiger partial charge in [-0.05, 0) is 43.1 Å². The normalized spacial score (nSPS) is 23.1. The number of carbonyl (C=O) groups is 5. The molecule has 2 saturated carbocycles. The number of likely N-dealkylation sites (tertiary alicyclic amines) is 1. The maximum Gasteiger partial charge on any atom is 0.329 e. The van der Waals surface area contributed by atoms with Crippen molar-refractivity contribution in [3.05, 3.63) is 35.9 Å². The molecule has 0 unspecified atom stereocenters. The van der Waals surface area contributed by atoms with Gasteiger partial charge in [-0.25, -0.2) is 4.79 Å². The van der Waals surface area contributed by atoms with E-state index >= 15 is 0 Å². The van der Waals surface area contributed by atoms with Crippen LogP contribution in [0.2, 0.25) is 0 Å². The molecular weight excluding hydrogens is 540 g/mol. The van der Waals surface area contributed by atoms with E-state index in [0.717, 1.165) is 37.7 Å². The summed E-state index contributed by atoms with van der Waals surface area (Å²) in [6.45, 7) is 5.43. The number of aliphatic carboxylic acids is 1. The smallest absolute Gasteiger partial charge is 0.329 e. The number of nitrogens with one attached hydrogen (secondary N) is 3. The van der Waals surface area contributed by atoms with Gasteiger partial charge in [-0.2, -0.15) is 0 Å². The zero-order valence-electron chi connectivity index (χ0n) is 24.8. The van der Waals surface area contributed by atoms with Gasteiger partial charge in [0.05, 0.1) is 12.7 Å². The lowest BCUT2D eigenvalue weighted by atomic mass is 9.83. The molecule has 4 amide bonds. The van der Waals surface area contributed by atoms with Gasteiger partial charge in [0, 0.05) is 19.9 Å². The number of nitrogens with zero attached hydrogens (tertiary/aromatic N) is 1. The summed E-state index contributed by atoms with van der Waals surface area (Å²) in [5, 5.41) is 18.0. The Morgan fingerprint density at radius 2 is 1.69 bits per heavy atom. The number of hydrogen-bond donors (Lipinski definition) is 4. The predicted octanol–water partition coefficient (Wildman–Crippen LogP) is 2.13. The van der Waals surface area contributed by atoms with Gasteiger partial charge in [0.15, 0.2) is 0 Å². The first-order valence-corrected chi connectivity index (χ1v) is 15.1. The fourth-order valence-corrected chi connectivity index (χ4v) is 6.05. The van der Waals surface area contributed by atoms with Crippen LogP contribution in [0.25, 0.3) is 0 Å². The highest BCUT2D eigenvalue weighted by atomic mass is 16.5. The molecule has 1 heterocycles. The Balaban J connectivity index is 1.51. The molecule has 11 nitrogen and oxygen atoms in total. The summed E-state index contributed by atoms with van der Waals surface area (Å²) in [7, 11) is 0. The van der Waals surface area contributed by atoms with Crippen LogP contribution in [0.5, 0.6) is 0 Å². The van der Waals surface area contributed by atoms with Crippen LogP contribution in [0.1, 0.15) is 77.7 Å². The number of carboxylic acids is 1. The van der Waals surface area contributed by atoms with Crippen molar-refractivity contribution < 1.29 is 33.8 Å². The summed E-state index contributed by atoms with van der Waals surface area (Å²) >= 11 is 0.